The van der Waals surface area contributed by atoms with Gasteiger partial charge in [0.15, 0.2) is 17.2 Å². The Hall–Kier alpha value is -4.74. The molecule has 0 aromatic carbocycles. The molecule has 1 atom stereocenters. The van der Waals surface area contributed by atoms with Crippen LogP contribution in [0.15, 0.2) is 59.8 Å². The van der Waals surface area contributed by atoms with Crippen LogP contribution in [0.4, 0.5) is 17.2 Å². The van der Waals surface area contributed by atoms with Crippen molar-refractivity contribution in [1.29, 1.82) is 0 Å². The predicted molar refractivity (Wildman–Crippen MR) is 132 cm³/mol. The third-order valence-corrected chi connectivity index (χ3v) is 6.33. The highest BCUT2D eigenvalue weighted by molar-refractivity contribution is 5.99. The zero-order valence-corrected chi connectivity index (χ0v) is 19.4. The van der Waals surface area contributed by atoms with E-state index in [4.69, 9.17) is 0 Å². The molecule has 3 N–H and O–H groups in total. The van der Waals surface area contributed by atoms with Crippen molar-refractivity contribution in [3.8, 4) is 5.82 Å². The highest BCUT2D eigenvalue weighted by Crippen LogP contribution is 2.31. The Labute approximate surface area is 205 Å². The highest BCUT2D eigenvalue weighted by atomic mass is 16.2. The van der Waals surface area contributed by atoms with Gasteiger partial charge in [0, 0.05) is 31.5 Å². The van der Waals surface area contributed by atoms with E-state index in [-0.39, 0.29) is 22.8 Å². The minimum atomic E-state index is -0.539. The van der Waals surface area contributed by atoms with Crippen LogP contribution in [0.3, 0.4) is 0 Å². The lowest BCUT2D eigenvalue weighted by molar-refractivity contribution is -0.144. The summed E-state index contributed by atoms with van der Waals surface area (Å²) in [6.07, 6.45) is 6.72. The van der Waals surface area contributed by atoms with Crippen molar-refractivity contribution in [2.75, 3.05) is 24.2 Å². The van der Waals surface area contributed by atoms with Gasteiger partial charge in [0.1, 0.15) is 17.5 Å². The summed E-state index contributed by atoms with van der Waals surface area (Å²) >= 11 is 0. The van der Waals surface area contributed by atoms with Crippen molar-refractivity contribution in [1.82, 2.24) is 34.4 Å². The zero-order chi connectivity index (χ0) is 24.8. The molecule has 6 rings (SSSR count). The normalized spacial score (nSPS) is 17.1. The van der Waals surface area contributed by atoms with Crippen LogP contribution in [0.1, 0.15) is 23.3 Å². The minimum Gasteiger partial charge on any atom is -0.385 e. The van der Waals surface area contributed by atoms with Gasteiger partial charge >= 0.3 is 0 Å². The van der Waals surface area contributed by atoms with Gasteiger partial charge in [-0.15, -0.1) is 5.10 Å². The van der Waals surface area contributed by atoms with Crippen LogP contribution >= 0.6 is 0 Å². The number of aromatic nitrogens is 5. The van der Waals surface area contributed by atoms with E-state index < -0.39 is 11.9 Å². The molecule has 1 aliphatic carbocycles. The number of nitrogens with zero attached hydrogens (tertiary/aromatic N) is 6. The van der Waals surface area contributed by atoms with Crippen molar-refractivity contribution < 1.29 is 9.59 Å². The van der Waals surface area contributed by atoms with Crippen LogP contribution in [0.5, 0.6) is 0 Å². The smallest absolute Gasteiger partial charge is 0.279 e. The molecule has 5 heterocycles. The Kier molecular flexibility index (Phi) is 5.13. The topological polar surface area (TPSA) is 139 Å². The van der Waals surface area contributed by atoms with E-state index >= 15 is 0 Å². The molecule has 1 aliphatic heterocycles. The number of fused-ring (bicyclic) bond motifs is 1. The number of pyridine rings is 2. The van der Waals surface area contributed by atoms with Crippen LogP contribution in [0.25, 0.3) is 11.5 Å². The van der Waals surface area contributed by atoms with Gasteiger partial charge in [-0.25, -0.2) is 14.5 Å². The van der Waals surface area contributed by atoms with Crippen LogP contribution < -0.4 is 21.5 Å². The molecular weight excluding hydrogens is 462 g/mol. The lowest BCUT2D eigenvalue weighted by atomic mass is 10.1. The van der Waals surface area contributed by atoms with Crippen molar-refractivity contribution in [3.63, 3.8) is 0 Å². The second-order valence-electron chi connectivity index (χ2n) is 8.73. The number of hydrogen-bond donors (Lipinski definition) is 3. The molecule has 12 nitrogen and oxygen atoms in total. The average molecular weight is 486 g/mol. The van der Waals surface area contributed by atoms with Crippen molar-refractivity contribution in [2.24, 2.45) is 0 Å². The van der Waals surface area contributed by atoms with E-state index in [1.54, 1.807) is 60.7 Å². The van der Waals surface area contributed by atoms with E-state index in [1.165, 1.54) is 15.3 Å². The fraction of sp³-hybridized carbons (Fsp3) is 0.250. The molecule has 1 saturated heterocycles. The first-order chi connectivity index (χ1) is 17.5. The van der Waals surface area contributed by atoms with Gasteiger partial charge < -0.3 is 20.9 Å². The molecule has 182 valence electrons. The quantitative estimate of drug-likeness (QED) is 0.332. The van der Waals surface area contributed by atoms with E-state index in [0.717, 1.165) is 12.8 Å². The van der Waals surface area contributed by atoms with Crippen molar-refractivity contribution in [2.45, 2.75) is 24.9 Å². The first-order valence-corrected chi connectivity index (χ1v) is 11.6. The number of carbonyl (C=O) groups is 2. The third kappa shape index (κ3) is 3.72. The standard InChI is InChI=1S/C24H23N9O3/c1-25-16-11-19(28-15-5-4-10-31(23(15)35)20-6-2-3-9-26-20)30-33-18(12-27-21(16)33)22(34)29-17-13-32(24(17)36)14-7-8-14/h2-6,9-12,14,17,25H,7-8,13H2,1H3,(H,28,30)(H,29,34)/t17-/m1/s1. The molecule has 36 heavy (non-hydrogen) atoms. The second-order valence-corrected chi connectivity index (χ2v) is 8.73. The van der Waals surface area contributed by atoms with Crippen LogP contribution in [-0.2, 0) is 4.79 Å². The Morgan fingerprint density at radius 1 is 1.08 bits per heavy atom. The summed E-state index contributed by atoms with van der Waals surface area (Å²) < 4.78 is 2.82. The van der Waals surface area contributed by atoms with Gasteiger partial charge in [0.2, 0.25) is 5.91 Å². The second kappa shape index (κ2) is 8.48. The Morgan fingerprint density at radius 2 is 1.94 bits per heavy atom. The molecule has 4 aromatic rings. The maximum atomic E-state index is 13.1. The summed E-state index contributed by atoms with van der Waals surface area (Å²) in [6.45, 7) is 0.518. The molecule has 0 bridgehead atoms. The summed E-state index contributed by atoms with van der Waals surface area (Å²) in [6, 6.07) is 10.2. The van der Waals surface area contributed by atoms with Crippen LogP contribution in [-0.4, -0.2) is 66.5 Å². The third-order valence-electron chi connectivity index (χ3n) is 6.33. The average Bonchev–Trinajstić information content (AvgIpc) is 3.64. The molecular formula is C24H23N9O3. The number of likely N-dealkylation sites (tertiary alicyclic amines) is 1. The lowest BCUT2D eigenvalue weighted by Crippen LogP contribution is -2.64. The number of imidazole rings is 1. The molecule has 1 saturated carbocycles. The minimum absolute atomic E-state index is 0.0563. The van der Waals surface area contributed by atoms with Gasteiger partial charge in [0.05, 0.1) is 18.4 Å². The number of carbonyl (C=O) groups excluding carboxylic acids is 2. The monoisotopic (exact) mass is 485 g/mol. The van der Waals surface area contributed by atoms with Gasteiger partial charge in [-0.2, -0.15) is 0 Å². The summed E-state index contributed by atoms with van der Waals surface area (Å²) in [5.41, 5.74) is 1.19. The van der Waals surface area contributed by atoms with Crippen LogP contribution in [0.2, 0.25) is 0 Å². The largest absolute Gasteiger partial charge is 0.385 e. The Morgan fingerprint density at radius 3 is 2.67 bits per heavy atom. The SMILES string of the molecule is CNc1cc(Nc2cccn(-c3ccccn3)c2=O)nn2c(C(=O)N[C@@H]3CN(C4CC4)C3=O)cnc12. The number of rotatable bonds is 7. The van der Waals surface area contributed by atoms with Crippen molar-refractivity contribution >= 4 is 34.7 Å². The Balaban J connectivity index is 1.29. The maximum Gasteiger partial charge on any atom is 0.279 e. The molecule has 0 radical (unpaired) electrons. The van der Waals surface area contributed by atoms with Crippen molar-refractivity contribution in [3.05, 3.63) is 71.0 Å². The number of amides is 2. The Bertz CT molecular complexity index is 1540. The van der Waals surface area contributed by atoms with E-state index in [9.17, 15) is 14.4 Å². The number of hydrogen-bond acceptors (Lipinski definition) is 8. The summed E-state index contributed by atoms with van der Waals surface area (Å²) in [5, 5.41) is 13.4. The first kappa shape index (κ1) is 21.8. The summed E-state index contributed by atoms with van der Waals surface area (Å²) in [7, 11) is 1.73. The van der Waals surface area contributed by atoms with Gasteiger partial charge in [-0.05, 0) is 37.1 Å². The molecule has 2 amide bonds. The van der Waals surface area contributed by atoms with E-state index in [2.05, 4.69) is 31.0 Å². The molecule has 2 fully saturated rings. The molecule has 4 aromatic heterocycles. The van der Waals surface area contributed by atoms with E-state index in [0.29, 0.717) is 35.6 Å². The fourth-order valence-electron chi connectivity index (χ4n) is 4.28. The lowest BCUT2D eigenvalue weighted by Gasteiger charge is -2.38. The van der Waals surface area contributed by atoms with Gasteiger partial charge in [-0.1, -0.05) is 6.07 Å². The van der Waals surface area contributed by atoms with Gasteiger partial charge in [-0.3, -0.25) is 19.0 Å². The predicted octanol–water partition coefficient (Wildman–Crippen LogP) is 1.16. The number of β-lactam (4-membered cyclic amide) rings is 1. The maximum absolute atomic E-state index is 13.1. The first-order valence-electron chi connectivity index (χ1n) is 11.6. The molecule has 0 spiro atoms. The molecule has 12 heteroatoms. The number of anilines is 3. The molecule has 0 unspecified atom stereocenters. The van der Waals surface area contributed by atoms with Gasteiger partial charge in [0.25, 0.3) is 11.5 Å². The fourth-order valence-corrected chi connectivity index (χ4v) is 4.28. The summed E-state index contributed by atoms with van der Waals surface area (Å²) in [5.74, 6) is 0.318. The highest BCUT2D eigenvalue weighted by Gasteiger charge is 2.45. The summed E-state index contributed by atoms with van der Waals surface area (Å²) in [4.78, 5) is 48.8. The molecule has 2 aliphatic rings. The van der Waals surface area contributed by atoms with E-state index in [1.807, 2.05) is 0 Å². The number of nitrogens with one attached hydrogen (secondary N) is 3. The zero-order valence-electron chi connectivity index (χ0n) is 19.4. The van der Waals surface area contributed by atoms with Crippen LogP contribution in [0, 0.1) is 0 Å².